The van der Waals surface area contributed by atoms with E-state index in [9.17, 15) is 13.2 Å². The predicted octanol–water partition coefficient (Wildman–Crippen LogP) is 4.38. The highest BCUT2D eigenvalue weighted by Gasteiger charge is 2.31. The summed E-state index contributed by atoms with van der Waals surface area (Å²) in [5, 5.41) is 14.9. The number of fused-ring (bicyclic) bond motifs is 1. The van der Waals surface area contributed by atoms with Crippen LogP contribution < -0.4 is 10.6 Å². The van der Waals surface area contributed by atoms with Gasteiger partial charge >= 0.3 is 6.03 Å². The van der Waals surface area contributed by atoms with Gasteiger partial charge in [0.15, 0.2) is 9.84 Å². The van der Waals surface area contributed by atoms with Crippen molar-refractivity contribution >= 4 is 37.6 Å². The monoisotopic (exact) mass is 554 g/mol. The second-order valence-corrected chi connectivity index (χ2v) is 11.4. The number of halogens is 1. The third-order valence-electron chi connectivity index (χ3n) is 6.00. The number of hydrogen-bond acceptors (Lipinski definition) is 5. The average Bonchev–Trinajstić information content (AvgIpc) is 3.39. The normalized spacial score (nSPS) is 16.5. The Balaban J connectivity index is 1.48. The van der Waals surface area contributed by atoms with E-state index in [-0.39, 0.29) is 17.1 Å². The number of aromatic nitrogens is 4. The number of anilines is 1. The Morgan fingerprint density at radius 3 is 2.66 bits per heavy atom. The zero-order valence-electron chi connectivity index (χ0n) is 19.1. The summed E-state index contributed by atoms with van der Waals surface area (Å²) in [5.41, 5.74) is 3.69. The van der Waals surface area contributed by atoms with E-state index in [0.717, 1.165) is 21.3 Å². The molecule has 0 bridgehead atoms. The molecule has 180 valence electrons. The van der Waals surface area contributed by atoms with E-state index in [1.807, 2.05) is 50.5 Å². The van der Waals surface area contributed by atoms with Gasteiger partial charge in [0.2, 0.25) is 0 Å². The summed E-state index contributed by atoms with van der Waals surface area (Å²) in [7, 11) is -1.54. The molecule has 35 heavy (non-hydrogen) atoms. The molecule has 4 aromatic rings. The molecule has 2 N–H and O–H groups in total. The molecular formula is C24H23BrN6O3S. The van der Waals surface area contributed by atoms with Crippen LogP contribution in [-0.4, -0.2) is 39.8 Å². The van der Waals surface area contributed by atoms with E-state index in [1.165, 1.54) is 0 Å². The summed E-state index contributed by atoms with van der Waals surface area (Å²) in [6.07, 6.45) is 3.88. The van der Waals surface area contributed by atoms with Crippen LogP contribution in [0.5, 0.6) is 0 Å². The third-order valence-corrected chi connectivity index (χ3v) is 8.30. The number of rotatable bonds is 4. The summed E-state index contributed by atoms with van der Waals surface area (Å²) in [5.74, 6) is 0.490. The van der Waals surface area contributed by atoms with Gasteiger partial charge in [0.05, 0.1) is 28.6 Å². The highest BCUT2D eigenvalue weighted by atomic mass is 79.9. The van der Waals surface area contributed by atoms with E-state index < -0.39 is 21.9 Å². The molecule has 1 aliphatic heterocycles. The smallest absolute Gasteiger partial charge is 0.320 e. The lowest BCUT2D eigenvalue weighted by molar-refractivity contribution is 0.247. The minimum atomic E-state index is -3.38. The largest absolute Gasteiger partial charge is 0.331 e. The fourth-order valence-corrected chi connectivity index (χ4v) is 6.26. The van der Waals surface area contributed by atoms with Crippen molar-refractivity contribution in [3.63, 3.8) is 0 Å². The lowest BCUT2D eigenvalue weighted by Gasteiger charge is -2.26. The molecule has 2 amide bonds. The Bertz CT molecular complexity index is 1530. The molecule has 0 fully saturated rings. The highest BCUT2D eigenvalue weighted by molar-refractivity contribution is 9.10. The average molecular weight is 555 g/mol. The van der Waals surface area contributed by atoms with Crippen molar-refractivity contribution in [2.75, 3.05) is 11.1 Å². The molecule has 2 aromatic carbocycles. The van der Waals surface area contributed by atoms with Gasteiger partial charge in [-0.1, -0.05) is 34.1 Å². The van der Waals surface area contributed by atoms with Gasteiger partial charge < -0.3 is 5.32 Å². The second-order valence-electron chi connectivity index (χ2n) is 8.41. The van der Waals surface area contributed by atoms with Crippen molar-refractivity contribution in [2.45, 2.75) is 24.3 Å². The Morgan fingerprint density at radius 1 is 1.17 bits per heavy atom. The lowest BCUT2D eigenvalue weighted by atomic mass is 10.0. The quantitative estimate of drug-likeness (QED) is 0.388. The fraction of sp³-hybridized carbons (Fsp3) is 0.208. The SMILES string of the molecule is Cc1c(-c2cnn(C)c2)nn(-c2ccccc2)c1NC(=O)NC1CCS(=O)(=O)c2ccc(Br)cc21. The summed E-state index contributed by atoms with van der Waals surface area (Å²) in [6.45, 7) is 1.89. The molecule has 11 heteroatoms. The third kappa shape index (κ3) is 4.48. The van der Waals surface area contributed by atoms with Crippen LogP contribution in [0.15, 0.2) is 70.3 Å². The van der Waals surface area contributed by atoms with Crippen molar-refractivity contribution in [2.24, 2.45) is 7.05 Å². The lowest BCUT2D eigenvalue weighted by Crippen LogP contribution is -2.37. The number of para-hydroxylation sites is 1. The summed E-state index contributed by atoms with van der Waals surface area (Å²) >= 11 is 3.41. The summed E-state index contributed by atoms with van der Waals surface area (Å²) < 4.78 is 29.2. The Hall–Kier alpha value is -3.44. The minimum absolute atomic E-state index is 0.0291. The van der Waals surface area contributed by atoms with E-state index >= 15 is 0 Å². The van der Waals surface area contributed by atoms with Gasteiger partial charge in [0.1, 0.15) is 11.5 Å². The van der Waals surface area contributed by atoms with Crippen LogP contribution in [0.1, 0.15) is 23.6 Å². The molecule has 5 rings (SSSR count). The van der Waals surface area contributed by atoms with Gasteiger partial charge in [-0.25, -0.2) is 17.9 Å². The van der Waals surface area contributed by atoms with Crippen LogP contribution in [-0.2, 0) is 16.9 Å². The first kappa shape index (κ1) is 23.3. The van der Waals surface area contributed by atoms with Crippen LogP contribution in [0.3, 0.4) is 0 Å². The standard InChI is InChI=1S/C24H23BrN6O3S/c1-15-22(16-13-26-30(2)14-16)29-31(18-6-4-3-5-7-18)23(15)28-24(32)27-20-10-11-35(33,34)21-9-8-17(25)12-19(20)21/h3-9,12-14,20H,10-11H2,1-2H3,(H2,27,28,32). The number of sulfone groups is 1. The van der Waals surface area contributed by atoms with E-state index in [1.54, 1.807) is 33.8 Å². The topological polar surface area (TPSA) is 111 Å². The number of benzene rings is 2. The molecule has 0 spiro atoms. The van der Waals surface area contributed by atoms with Crippen LogP contribution in [0, 0.1) is 6.92 Å². The Kier molecular flexibility index (Phi) is 5.97. The predicted molar refractivity (Wildman–Crippen MR) is 136 cm³/mol. The maximum Gasteiger partial charge on any atom is 0.320 e. The molecule has 1 aliphatic rings. The van der Waals surface area contributed by atoms with Crippen LogP contribution in [0.2, 0.25) is 0 Å². The number of nitrogens with one attached hydrogen (secondary N) is 2. The van der Waals surface area contributed by atoms with E-state index in [0.29, 0.717) is 17.1 Å². The number of urea groups is 1. The highest BCUT2D eigenvalue weighted by Crippen LogP contribution is 2.35. The van der Waals surface area contributed by atoms with Crippen molar-refractivity contribution in [1.82, 2.24) is 24.9 Å². The van der Waals surface area contributed by atoms with Gasteiger partial charge in [-0.15, -0.1) is 0 Å². The number of aryl methyl sites for hydroxylation is 1. The number of nitrogens with zero attached hydrogens (tertiary/aromatic N) is 4. The molecule has 0 saturated carbocycles. The van der Waals surface area contributed by atoms with E-state index in [4.69, 9.17) is 5.10 Å². The first-order valence-corrected chi connectivity index (χ1v) is 13.4. The summed E-state index contributed by atoms with van der Waals surface area (Å²) in [6, 6.07) is 13.6. The van der Waals surface area contributed by atoms with E-state index in [2.05, 4.69) is 31.7 Å². The van der Waals surface area contributed by atoms with Crippen LogP contribution >= 0.6 is 15.9 Å². The molecule has 1 unspecified atom stereocenters. The van der Waals surface area contributed by atoms with Gasteiger partial charge in [0, 0.05) is 28.8 Å². The zero-order chi connectivity index (χ0) is 24.7. The Labute approximate surface area is 211 Å². The minimum Gasteiger partial charge on any atom is -0.331 e. The number of amides is 2. The van der Waals surface area contributed by atoms with Crippen molar-refractivity contribution in [1.29, 1.82) is 0 Å². The molecule has 9 nitrogen and oxygen atoms in total. The maximum atomic E-state index is 13.2. The molecule has 0 saturated heterocycles. The zero-order valence-corrected chi connectivity index (χ0v) is 21.5. The number of carbonyl (C=O) groups excluding carboxylic acids is 1. The van der Waals surface area contributed by atoms with Crippen molar-refractivity contribution in [3.8, 4) is 16.9 Å². The first-order valence-electron chi connectivity index (χ1n) is 11.0. The van der Waals surface area contributed by atoms with Crippen molar-refractivity contribution < 1.29 is 13.2 Å². The van der Waals surface area contributed by atoms with Gasteiger partial charge in [-0.3, -0.25) is 10.00 Å². The van der Waals surface area contributed by atoms with Gasteiger partial charge in [0.25, 0.3) is 0 Å². The number of hydrogen-bond donors (Lipinski definition) is 2. The molecule has 0 radical (unpaired) electrons. The molecule has 3 heterocycles. The number of carbonyl (C=O) groups is 1. The van der Waals surface area contributed by atoms with Crippen molar-refractivity contribution in [3.05, 3.63) is 76.5 Å². The van der Waals surface area contributed by atoms with Crippen LogP contribution in [0.4, 0.5) is 10.6 Å². The molecule has 1 atom stereocenters. The summed E-state index contributed by atoms with van der Waals surface area (Å²) in [4.78, 5) is 13.4. The second kappa shape index (κ2) is 8.97. The molecular weight excluding hydrogens is 532 g/mol. The van der Waals surface area contributed by atoms with Crippen LogP contribution in [0.25, 0.3) is 16.9 Å². The molecule has 0 aliphatic carbocycles. The fourth-order valence-electron chi connectivity index (χ4n) is 4.28. The first-order chi connectivity index (χ1) is 16.7. The Morgan fingerprint density at radius 2 is 1.94 bits per heavy atom. The van der Waals surface area contributed by atoms with Gasteiger partial charge in [-0.05, 0) is 49.2 Å². The maximum absolute atomic E-state index is 13.2. The van der Waals surface area contributed by atoms with Gasteiger partial charge in [-0.2, -0.15) is 10.2 Å². The molecule has 2 aromatic heterocycles.